The van der Waals surface area contributed by atoms with E-state index in [0.717, 1.165) is 5.56 Å². The van der Waals surface area contributed by atoms with Crippen LogP contribution in [-0.4, -0.2) is 87.1 Å². The molecule has 0 bridgehead atoms. The van der Waals surface area contributed by atoms with E-state index < -0.39 is 64.4 Å². The average molecular weight is 557 g/mol. The lowest BCUT2D eigenvalue weighted by Crippen LogP contribution is -2.42. The maximum absolute atomic E-state index is 13.0. The van der Waals surface area contributed by atoms with E-state index in [-0.39, 0.29) is 17.9 Å². The van der Waals surface area contributed by atoms with Gasteiger partial charge in [-0.2, -0.15) is 0 Å². The molecule has 1 aromatic carbocycles. The third-order valence-electron chi connectivity index (χ3n) is 6.11. The van der Waals surface area contributed by atoms with E-state index >= 15 is 0 Å². The summed E-state index contributed by atoms with van der Waals surface area (Å²) >= 11 is 0. The highest BCUT2D eigenvalue weighted by molar-refractivity contribution is 7.89. The van der Waals surface area contributed by atoms with Gasteiger partial charge in [0.2, 0.25) is 10.0 Å². The number of aliphatic hydroxyl groups is 2. The number of oxime groups is 1. The first-order valence-electron chi connectivity index (χ1n) is 12.2. The number of aliphatic hydroxyl groups excluding tert-OH is 2. The van der Waals surface area contributed by atoms with Crippen LogP contribution in [-0.2, 0) is 38.6 Å². The van der Waals surface area contributed by atoms with Gasteiger partial charge in [-0.15, -0.1) is 0 Å². The van der Waals surface area contributed by atoms with Crippen molar-refractivity contribution < 1.29 is 47.2 Å². The minimum atomic E-state index is -3.91. The van der Waals surface area contributed by atoms with E-state index in [1.54, 1.807) is 45.1 Å². The third kappa shape index (κ3) is 7.82. The Hall–Kier alpha value is -2.39. The molecule has 13 heteroatoms. The Morgan fingerprint density at radius 1 is 1.26 bits per heavy atom. The minimum Gasteiger partial charge on any atom is -0.469 e. The molecule has 2 aliphatic rings. The standard InChI is InChI=1S/C25H36N2O10S/c1-15-9-11-17(12-10-15)38(31,32)27-18(16(2)7-6-8-20(29)33-5)13-26-34-14-19(28)22-21(30)23-24(35-22)37-25(3,4)36-23/h6-7,9-13,16,18-19,21-24,27-28,30H,8,14H2,1-5H3/b7-6+,26-13+/t16-,18-,19-,21+,22-,23-,24-/m1/s1. The Balaban J connectivity index is 1.63. The smallest absolute Gasteiger partial charge is 0.309 e. The molecule has 0 unspecified atom stereocenters. The molecule has 212 valence electrons. The van der Waals surface area contributed by atoms with Gasteiger partial charge in [-0.05, 0) is 38.8 Å². The predicted octanol–water partition coefficient (Wildman–Crippen LogP) is 0.998. The van der Waals surface area contributed by atoms with Crippen molar-refractivity contribution in [1.29, 1.82) is 0 Å². The summed E-state index contributed by atoms with van der Waals surface area (Å²) in [4.78, 5) is 16.7. The van der Waals surface area contributed by atoms with E-state index in [2.05, 4.69) is 14.6 Å². The SMILES string of the molecule is COC(=O)C/C=C/[C@@H](C)[C@@H](/C=N/OC[C@@H](O)[C@H]1O[C@@H]2OC(C)(C)O[C@@H]2[C@H]1O)NS(=O)(=O)c1ccc(C)cc1. The van der Waals surface area contributed by atoms with E-state index in [1.165, 1.54) is 25.5 Å². The second-order valence-corrected chi connectivity index (χ2v) is 11.4. The van der Waals surface area contributed by atoms with Crippen LogP contribution in [0.2, 0.25) is 0 Å². The zero-order valence-corrected chi connectivity index (χ0v) is 22.8. The van der Waals surface area contributed by atoms with Crippen LogP contribution >= 0.6 is 0 Å². The molecule has 0 radical (unpaired) electrons. The number of methoxy groups -OCH3 is 1. The maximum atomic E-state index is 13.0. The first-order chi connectivity index (χ1) is 17.8. The third-order valence-corrected chi connectivity index (χ3v) is 7.59. The molecule has 0 aliphatic carbocycles. The molecule has 0 amide bonds. The summed E-state index contributed by atoms with van der Waals surface area (Å²) in [6.45, 7) is 6.63. The van der Waals surface area contributed by atoms with Crippen LogP contribution in [0.1, 0.15) is 32.8 Å². The topological polar surface area (TPSA) is 162 Å². The van der Waals surface area contributed by atoms with Crippen LogP contribution in [0.4, 0.5) is 0 Å². The zero-order chi connectivity index (χ0) is 28.1. The number of esters is 1. The van der Waals surface area contributed by atoms with Crippen LogP contribution in [0.5, 0.6) is 0 Å². The molecule has 2 aliphatic heterocycles. The van der Waals surface area contributed by atoms with Gasteiger partial charge in [-0.3, -0.25) is 4.79 Å². The molecule has 3 N–H and O–H groups in total. The van der Waals surface area contributed by atoms with Crippen molar-refractivity contribution in [2.75, 3.05) is 13.7 Å². The molecular weight excluding hydrogens is 520 g/mol. The molecule has 38 heavy (non-hydrogen) atoms. The molecule has 2 fully saturated rings. The van der Waals surface area contributed by atoms with Gasteiger partial charge in [0, 0.05) is 0 Å². The molecule has 2 heterocycles. The zero-order valence-electron chi connectivity index (χ0n) is 22.0. The monoisotopic (exact) mass is 556 g/mol. The largest absolute Gasteiger partial charge is 0.469 e. The number of carbonyl (C=O) groups is 1. The molecule has 0 spiro atoms. The van der Waals surface area contributed by atoms with E-state index in [4.69, 9.17) is 19.0 Å². The highest BCUT2D eigenvalue weighted by Crippen LogP contribution is 2.38. The van der Waals surface area contributed by atoms with Crippen molar-refractivity contribution in [3.05, 3.63) is 42.0 Å². The number of fused-ring (bicyclic) bond motifs is 1. The number of hydrogen-bond donors (Lipinski definition) is 3. The molecule has 2 saturated heterocycles. The van der Waals surface area contributed by atoms with Gasteiger partial charge in [0.15, 0.2) is 12.1 Å². The fraction of sp³-hybridized carbons (Fsp3) is 0.600. The Bertz CT molecular complexity index is 1110. The van der Waals surface area contributed by atoms with Crippen molar-refractivity contribution in [1.82, 2.24) is 4.72 Å². The summed E-state index contributed by atoms with van der Waals surface area (Å²) in [5, 5.41) is 24.8. The average Bonchev–Trinajstić information content (AvgIpc) is 3.32. The second kappa shape index (κ2) is 12.6. The lowest BCUT2D eigenvalue weighted by Gasteiger charge is -2.25. The van der Waals surface area contributed by atoms with Crippen molar-refractivity contribution in [2.24, 2.45) is 11.1 Å². The second-order valence-electron chi connectivity index (χ2n) is 9.71. The molecule has 0 aromatic heterocycles. The number of ether oxygens (including phenoxy) is 4. The molecular formula is C25H36N2O10S. The Morgan fingerprint density at radius 2 is 1.95 bits per heavy atom. The number of aryl methyl sites for hydroxylation is 1. The summed E-state index contributed by atoms with van der Waals surface area (Å²) in [6.07, 6.45) is -0.483. The quantitative estimate of drug-likeness (QED) is 0.147. The van der Waals surface area contributed by atoms with Crippen molar-refractivity contribution >= 4 is 22.2 Å². The highest BCUT2D eigenvalue weighted by atomic mass is 32.2. The number of rotatable bonds is 12. The van der Waals surface area contributed by atoms with Gasteiger partial charge in [0.25, 0.3) is 0 Å². The highest BCUT2D eigenvalue weighted by Gasteiger charge is 2.56. The first-order valence-corrected chi connectivity index (χ1v) is 13.7. The fourth-order valence-corrected chi connectivity index (χ4v) is 5.24. The number of sulfonamides is 1. The molecule has 3 rings (SSSR count). The lowest BCUT2D eigenvalue weighted by atomic mass is 10.0. The lowest BCUT2D eigenvalue weighted by molar-refractivity contribution is -0.228. The summed E-state index contributed by atoms with van der Waals surface area (Å²) in [5.41, 5.74) is 0.912. The van der Waals surface area contributed by atoms with Gasteiger partial charge < -0.3 is 34.0 Å². The van der Waals surface area contributed by atoms with Gasteiger partial charge in [0.05, 0.1) is 30.7 Å². The number of nitrogens with zero attached hydrogens (tertiary/aromatic N) is 1. The molecule has 12 nitrogen and oxygen atoms in total. The van der Waals surface area contributed by atoms with Crippen molar-refractivity contribution in [3.63, 3.8) is 0 Å². The molecule has 1 aromatic rings. The van der Waals surface area contributed by atoms with Crippen LogP contribution in [0.3, 0.4) is 0 Å². The molecule has 0 saturated carbocycles. The van der Waals surface area contributed by atoms with Crippen LogP contribution < -0.4 is 4.72 Å². The summed E-state index contributed by atoms with van der Waals surface area (Å²) in [6, 6.07) is 5.50. The number of benzene rings is 1. The summed E-state index contributed by atoms with van der Waals surface area (Å²) in [5.74, 6) is -1.78. The van der Waals surface area contributed by atoms with Crippen LogP contribution in [0, 0.1) is 12.8 Å². The van der Waals surface area contributed by atoms with E-state index in [9.17, 15) is 23.4 Å². The van der Waals surface area contributed by atoms with E-state index in [0.29, 0.717) is 0 Å². The summed E-state index contributed by atoms with van der Waals surface area (Å²) < 4.78 is 49.9. The van der Waals surface area contributed by atoms with Gasteiger partial charge in [-0.1, -0.05) is 41.9 Å². The van der Waals surface area contributed by atoms with Crippen LogP contribution in [0.15, 0.2) is 46.5 Å². The van der Waals surface area contributed by atoms with Gasteiger partial charge in [0.1, 0.15) is 31.0 Å². The maximum Gasteiger partial charge on any atom is 0.309 e. The Kier molecular flexibility index (Phi) is 10.0. The number of hydrogen-bond acceptors (Lipinski definition) is 11. The minimum absolute atomic E-state index is 0.0222. The molecule has 7 atom stereocenters. The Labute approximate surface area is 222 Å². The van der Waals surface area contributed by atoms with E-state index in [1.807, 2.05) is 6.92 Å². The summed E-state index contributed by atoms with van der Waals surface area (Å²) in [7, 11) is -2.63. The number of carbonyl (C=O) groups excluding carboxylic acids is 1. The normalized spacial score (nSPS) is 27.3. The van der Waals surface area contributed by atoms with Crippen molar-refractivity contribution in [3.8, 4) is 0 Å². The van der Waals surface area contributed by atoms with Crippen LogP contribution in [0.25, 0.3) is 0 Å². The Morgan fingerprint density at radius 3 is 2.58 bits per heavy atom. The first kappa shape index (κ1) is 30.2. The fourth-order valence-electron chi connectivity index (χ4n) is 3.98. The number of nitrogens with one attached hydrogen (secondary N) is 1. The van der Waals surface area contributed by atoms with Gasteiger partial charge in [-0.25, -0.2) is 13.1 Å². The predicted molar refractivity (Wildman–Crippen MR) is 135 cm³/mol. The van der Waals surface area contributed by atoms with Gasteiger partial charge >= 0.3 is 5.97 Å². The van der Waals surface area contributed by atoms with Crippen molar-refractivity contribution in [2.45, 2.75) is 81.5 Å².